The quantitative estimate of drug-likeness (QED) is 0.799. The smallest absolute Gasteiger partial charge is 0.152 e. The number of piperazine rings is 1. The van der Waals surface area contributed by atoms with Gasteiger partial charge in [0.1, 0.15) is 0 Å². The molecule has 1 aliphatic rings. The van der Waals surface area contributed by atoms with E-state index in [4.69, 9.17) is 0 Å². The summed E-state index contributed by atoms with van der Waals surface area (Å²) in [6, 6.07) is 2.04. The Hall–Kier alpha value is -1.20. The van der Waals surface area contributed by atoms with Crippen LogP contribution in [-0.2, 0) is 24.7 Å². The Kier molecular flexibility index (Phi) is 4.49. The molecule has 0 bridgehead atoms. The number of rotatable bonds is 5. The van der Waals surface area contributed by atoms with E-state index in [0.717, 1.165) is 44.0 Å². The van der Waals surface area contributed by atoms with E-state index in [-0.39, 0.29) is 5.78 Å². The number of hydrogen-bond donors (Lipinski definition) is 1. The van der Waals surface area contributed by atoms with Crippen LogP contribution >= 0.6 is 0 Å². The Morgan fingerprint density at radius 3 is 2.78 bits per heavy atom. The topological polar surface area (TPSA) is 50.2 Å². The number of Topliss-reactive ketones (excluding diaryl/α,β-unsaturated/α-hetero) is 1. The Morgan fingerprint density at radius 1 is 1.44 bits per heavy atom. The minimum atomic E-state index is 0.280. The lowest BCUT2D eigenvalue weighted by Gasteiger charge is -2.26. The molecule has 0 spiro atoms. The lowest BCUT2D eigenvalue weighted by atomic mass is 10.2. The van der Waals surface area contributed by atoms with Crippen molar-refractivity contribution in [3.8, 4) is 0 Å². The van der Waals surface area contributed by atoms with Crippen LogP contribution < -0.4 is 5.32 Å². The van der Waals surface area contributed by atoms with Gasteiger partial charge in [0.15, 0.2) is 5.78 Å². The van der Waals surface area contributed by atoms with Gasteiger partial charge in [0, 0.05) is 45.3 Å². The number of hydrogen-bond acceptors (Lipinski definition) is 4. The number of carbonyl (C=O) groups is 1. The van der Waals surface area contributed by atoms with E-state index in [1.165, 1.54) is 0 Å². The molecule has 0 aliphatic carbocycles. The average Bonchev–Trinajstić information content (AvgIpc) is 2.71. The van der Waals surface area contributed by atoms with Gasteiger partial charge in [-0.1, -0.05) is 6.92 Å². The summed E-state index contributed by atoms with van der Waals surface area (Å²) in [7, 11) is 1.91. The summed E-state index contributed by atoms with van der Waals surface area (Å²) in [6.07, 6.45) is 1.41. The van der Waals surface area contributed by atoms with Crippen LogP contribution in [0, 0.1) is 0 Å². The van der Waals surface area contributed by atoms with Gasteiger partial charge in [0.25, 0.3) is 0 Å². The van der Waals surface area contributed by atoms with Gasteiger partial charge < -0.3 is 5.32 Å². The van der Waals surface area contributed by atoms with Crippen LogP contribution in [-0.4, -0.2) is 53.2 Å². The van der Waals surface area contributed by atoms with Gasteiger partial charge in [-0.3, -0.25) is 14.4 Å². The Labute approximate surface area is 108 Å². The van der Waals surface area contributed by atoms with Crippen molar-refractivity contribution in [2.24, 2.45) is 7.05 Å². The van der Waals surface area contributed by atoms with Gasteiger partial charge in [-0.2, -0.15) is 5.10 Å². The zero-order valence-electron chi connectivity index (χ0n) is 11.3. The van der Waals surface area contributed by atoms with Gasteiger partial charge in [-0.05, 0) is 12.5 Å². The van der Waals surface area contributed by atoms with Crippen molar-refractivity contribution >= 4 is 5.78 Å². The molecular formula is C13H22N4O. The standard InChI is InChI=1S/C13H22N4O/c1-3-11-8-12(16(2)15-11)9-13(18)10-17-6-4-14-5-7-17/h8,14H,3-7,9-10H2,1-2H3. The fraction of sp³-hybridized carbons (Fsp3) is 0.692. The van der Waals surface area contributed by atoms with E-state index < -0.39 is 0 Å². The minimum absolute atomic E-state index is 0.280. The molecule has 5 heteroatoms. The zero-order chi connectivity index (χ0) is 13.0. The maximum absolute atomic E-state index is 12.0. The minimum Gasteiger partial charge on any atom is -0.314 e. The second-order valence-electron chi connectivity index (χ2n) is 4.85. The molecule has 0 atom stereocenters. The van der Waals surface area contributed by atoms with Crippen molar-refractivity contribution < 1.29 is 4.79 Å². The number of carbonyl (C=O) groups excluding carboxylic acids is 1. The average molecular weight is 250 g/mol. The van der Waals surface area contributed by atoms with Crippen molar-refractivity contribution in [2.45, 2.75) is 19.8 Å². The first kappa shape index (κ1) is 13.2. The van der Waals surface area contributed by atoms with Gasteiger partial charge >= 0.3 is 0 Å². The molecule has 0 aromatic carbocycles. The van der Waals surface area contributed by atoms with E-state index in [1.807, 2.05) is 17.8 Å². The second kappa shape index (κ2) is 6.11. The maximum atomic E-state index is 12.0. The predicted octanol–water partition coefficient (Wildman–Crippen LogP) is -0.000700. The summed E-state index contributed by atoms with van der Waals surface area (Å²) in [5.41, 5.74) is 2.08. The van der Waals surface area contributed by atoms with Crippen molar-refractivity contribution in [1.82, 2.24) is 20.0 Å². The lowest BCUT2D eigenvalue weighted by Crippen LogP contribution is -2.45. The van der Waals surface area contributed by atoms with Gasteiger partial charge in [0.05, 0.1) is 12.2 Å². The van der Waals surface area contributed by atoms with Crippen LogP contribution in [0.5, 0.6) is 0 Å². The molecule has 100 valence electrons. The summed E-state index contributed by atoms with van der Waals surface area (Å²) in [4.78, 5) is 14.2. The number of nitrogens with zero attached hydrogens (tertiary/aromatic N) is 3. The molecular weight excluding hydrogens is 228 g/mol. The Morgan fingerprint density at radius 2 is 2.17 bits per heavy atom. The highest BCUT2D eigenvalue weighted by atomic mass is 16.1. The molecule has 18 heavy (non-hydrogen) atoms. The molecule has 2 rings (SSSR count). The fourth-order valence-corrected chi connectivity index (χ4v) is 2.29. The summed E-state index contributed by atoms with van der Waals surface area (Å²) < 4.78 is 1.83. The van der Waals surface area contributed by atoms with Gasteiger partial charge in [0.2, 0.25) is 0 Å². The summed E-state index contributed by atoms with van der Waals surface area (Å²) in [5.74, 6) is 0.280. The van der Waals surface area contributed by atoms with Crippen LogP contribution in [0.3, 0.4) is 0 Å². The highest BCUT2D eigenvalue weighted by Gasteiger charge is 2.15. The molecule has 1 aromatic rings. The molecule has 1 saturated heterocycles. The second-order valence-corrected chi connectivity index (χ2v) is 4.85. The SMILES string of the molecule is CCc1cc(CC(=O)CN2CCNCC2)n(C)n1. The summed E-state index contributed by atoms with van der Waals surface area (Å²) in [5, 5.41) is 7.66. The number of aromatic nitrogens is 2. The number of nitrogens with one attached hydrogen (secondary N) is 1. The van der Waals surface area contributed by atoms with E-state index in [9.17, 15) is 4.79 Å². The molecule has 1 aromatic heterocycles. The highest BCUT2D eigenvalue weighted by Crippen LogP contribution is 2.06. The van der Waals surface area contributed by atoms with Crippen molar-refractivity contribution in [1.29, 1.82) is 0 Å². The molecule has 0 saturated carbocycles. The third kappa shape index (κ3) is 3.40. The molecule has 0 unspecified atom stereocenters. The Balaban J connectivity index is 1.87. The molecule has 1 N–H and O–H groups in total. The van der Waals surface area contributed by atoms with Crippen molar-refractivity contribution in [3.05, 3.63) is 17.5 Å². The maximum Gasteiger partial charge on any atom is 0.152 e. The fourth-order valence-electron chi connectivity index (χ4n) is 2.29. The Bertz CT molecular complexity index is 407. The zero-order valence-corrected chi connectivity index (χ0v) is 11.3. The number of aryl methyl sites for hydroxylation is 2. The van der Waals surface area contributed by atoms with E-state index in [1.54, 1.807) is 0 Å². The summed E-state index contributed by atoms with van der Waals surface area (Å²) in [6.45, 7) is 6.55. The largest absolute Gasteiger partial charge is 0.314 e. The first-order valence-electron chi connectivity index (χ1n) is 6.65. The van der Waals surface area contributed by atoms with Crippen molar-refractivity contribution in [3.63, 3.8) is 0 Å². The van der Waals surface area contributed by atoms with E-state index >= 15 is 0 Å². The highest BCUT2D eigenvalue weighted by molar-refractivity contribution is 5.82. The van der Waals surface area contributed by atoms with Gasteiger partial charge in [-0.25, -0.2) is 0 Å². The predicted molar refractivity (Wildman–Crippen MR) is 70.6 cm³/mol. The van der Waals surface area contributed by atoms with Crippen LogP contribution in [0.2, 0.25) is 0 Å². The van der Waals surface area contributed by atoms with Gasteiger partial charge in [-0.15, -0.1) is 0 Å². The third-order valence-electron chi connectivity index (χ3n) is 3.38. The molecule has 0 amide bonds. The summed E-state index contributed by atoms with van der Waals surface area (Å²) >= 11 is 0. The van der Waals surface area contributed by atoms with Crippen LogP contribution in [0.1, 0.15) is 18.3 Å². The van der Waals surface area contributed by atoms with Crippen LogP contribution in [0.15, 0.2) is 6.07 Å². The molecule has 1 fully saturated rings. The first-order valence-corrected chi connectivity index (χ1v) is 6.65. The molecule has 1 aliphatic heterocycles. The van der Waals surface area contributed by atoms with E-state index in [2.05, 4.69) is 22.2 Å². The monoisotopic (exact) mass is 250 g/mol. The van der Waals surface area contributed by atoms with Crippen LogP contribution in [0.4, 0.5) is 0 Å². The van der Waals surface area contributed by atoms with Crippen molar-refractivity contribution in [2.75, 3.05) is 32.7 Å². The third-order valence-corrected chi connectivity index (χ3v) is 3.38. The van der Waals surface area contributed by atoms with E-state index in [0.29, 0.717) is 13.0 Å². The lowest BCUT2D eigenvalue weighted by molar-refractivity contribution is -0.119. The molecule has 0 radical (unpaired) electrons. The number of ketones is 1. The first-order chi connectivity index (χ1) is 8.69. The molecule has 5 nitrogen and oxygen atoms in total. The normalized spacial score (nSPS) is 17.0. The molecule has 2 heterocycles. The van der Waals surface area contributed by atoms with Crippen LogP contribution in [0.25, 0.3) is 0 Å².